The highest BCUT2D eigenvalue weighted by atomic mass is 32.1. The SMILES string of the molecule is Cc1sc(-c2ccc(C(F)(F)F)cc2)nc1CO. The minimum atomic E-state index is -4.33. The van der Waals surface area contributed by atoms with E-state index in [0.29, 0.717) is 16.3 Å². The number of benzene rings is 1. The van der Waals surface area contributed by atoms with E-state index in [9.17, 15) is 13.2 Å². The van der Waals surface area contributed by atoms with E-state index in [-0.39, 0.29) is 6.61 Å². The molecule has 0 spiro atoms. The fourth-order valence-corrected chi connectivity index (χ4v) is 2.43. The molecule has 96 valence electrons. The normalized spacial score (nSPS) is 11.8. The summed E-state index contributed by atoms with van der Waals surface area (Å²) in [6.45, 7) is 1.65. The summed E-state index contributed by atoms with van der Waals surface area (Å²) in [6, 6.07) is 4.85. The van der Waals surface area contributed by atoms with E-state index in [1.54, 1.807) is 0 Å². The van der Waals surface area contributed by atoms with Crippen LogP contribution in [0.2, 0.25) is 0 Å². The topological polar surface area (TPSA) is 33.1 Å². The minimum Gasteiger partial charge on any atom is -0.390 e. The Morgan fingerprint density at radius 2 is 1.83 bits per heavy atom. The Kier molecular flexibility index (Phi) is 3.41. The second-order valence-electron chi connectivity index (χ2n) is 3.76. The molecule has 0 aliphatic heterocycles. The summed E-state index contributed by atoms with van der Waals surface area (Å²) in [6.07, 6.45) is -4.33. The van der Waals surface area contributed by atoms with Crippen molar-refractivity contribution < 1.29 is 18.3 Å². The van der Waals surface area contributed by atoms with Gasteiger partial charge in [-0.1, -0.05) is 12.1 Å². The molecular formula is C12H10F3NOS. The van der Waals surface area contributed by atoms with Gasteiger partial charge in [-0.25, -0.2) is 4.98 Å². The number of hydrogen-bond donors (Lipinski definition) is 1. The van der Waals surface area contributed by atoms with Crippen molar-refractivity contribution in [1.29, 1.82) is 0 Å². The zero-order chi connectivity index (χ0) is 13.3. The molecule has 1 aromatic carbocycles. The van der Waals surface area contributed by atoms with Crippen LogP contribution in [-0.2, 0) is 12.8 Å². The van der Waals surface area contributed by atoms with E-state index in [1.807, 2.05) is 6.92 Å². The van der Waals surface area contributed by atoms with E-state index in [2.05, 4.69) is 4.98 Å². The van der Waals surface area contributed by atoms with Gasteiger partial charge in [0.25, 0.3) is 0 Å². The molecule has 0 unspecified atom stereocenters. The van der Waals surface area contributed by atoms with Gasteiger partial charge in [-0.15, -0.1) is 11.3 Å². The largest absolute Gasteiger partial charge is 0.416 e. The third kappa shape index (κ3) is 2.54. The summed E-state index contributed by atoms with van der Waals surface area (Å²) in [7, 11) is 0. The quantitative estimate of drug-likeness (QED) is 0.906. The Hall–Kier alpha value is -1.40. The Bertz CT molecular complexity index is 545. The van der Waals surface area contributed by atoms with Gasteiger partial charge in [0, 0.05) is 10.4 Å². The Morgan fingerprint density at radius 1 is 1.22 bits per heavy atom. The summed E-state index contributed by atoms with van der Waals surface area (Å²) in [5.41, 5.74) is 0.507. The van der Waals surface area contributed by atoms with Gasteiger partial charge in [-0.05, 0) is 19.1 Å². The van der Waals surface area contributed by atoms with Gasteiger partial charge in [0.15, 0.2) is 0 Å². The van der Waals surface area contributed by atoms with Crippen LogP contribution < -0.4 is 0 Å². The van der Waals surface area contributed by atoms with Gasteiger partial charge >= 0.3 is 6.18 Å². The van der Waals surface area contributed by atoms with Crippen LogP contribution in [0.1, 0.15) is 16.1 Å². The second-order valence-corrected chi connectivity index (χ2v) is 4.96. The van der Waals surface area contributed by atoms with Crippen molar-refractivity contribution in [3.05, 3.63) is 40.4 Å². The molecule has 2 nitrogen and oxygen atoms in total. The van der Waals surface area contributed by atoms with Crippen LogP contribution in [0, 0.1) is 6.92 Å². The standard InChI is InChI=1S/C12H10F3NOS/c1-7-10(6-17)16-11(18-7)8-2-4-9(5-3-8)12(13,14)15/h2-5,17H,6H2,1H3. The van der Waals surface area contributed by atoms with Crippen LogP contribution in [0.25, 0.3) is 10.6 Å². The first kappa shape index (κ1) is 13.0. The molecule has 18 heavy (non-hydrogen) atoms. The molecule has 1 heterocycles. The molecule has 0 atom stereocenters. The van der Waals surface area contributed by atoms with Gasteiger partial charge < -0.3 is 5.11 Å². The maximum atomic E-state index is 12.4. The van der Waals surface area contributed by atoms with Crippen LogP contribution in [0.5, 0.6) is 0 Å². The molecule has 2 aromatic rings. The summed E-state index contributed by atoms with van der Waals surface area (Å²) in [5.74, 6) is 0. The number of halogens is 3. The number of nitrogens with zero attached hydrogens (tertiary/aromatic N) is 1. The number of aliphatic hydroxyl groups excluding tert-OH is 1. The lowest BCUT2D eigenvalue weighted by atomic mass is 10.1. The fourth-order valence-electron chi connectivity index (χ4n) is 1.50. The summed E-state index contributed by atoms with van der Waals surface area (Å²) < 4.78 is 37.2. The smallest absolute Gasteiger partial charge is 0.390 e. The molecule has 2 rings (SSSR count). The molecule has 1 N–H and O–H groups in total. The van der Waals surface area contributed by atoms with Gasteiger partial charge in [0.05, 0.1) is 17.9 Å². The first-order valence-electron chi connectivity index (χ1n) is 5.16. The van der Waals surface area contributed by atoms with E-state index in [4.69, 9.17) is 5.11 Å². The highest BCUT2D eigenvalue weighted by molar-refractivity contribution is 7.15. The lowest BCUT2D eigenvalue weighted by molar-refractivity contribution is -0.137. The number of hydrogen-bond acceptors (Lipinski definition) is 3. The molecule has 1 aromatic heterocycles. The monoisotopic (exact) mass is 273 g/mol. The summed E-state index contributed by atoms with van der Waals surface area (Å²) in [5, 5.41) is 9.64. The average molecular weight is 273 g/mol. The van der Waals surface area contributed by atoms with Crippen molar-refractivity contribution in [1.82, 2.24) is 4.98 Å². The average Bonchev–Trinajstić information content (AvgIpc) is 2.69. The van der Waals surface area contributed by atoms with Crippen LogP contribution in [-0.4, -0.2) is 10.1 Å². The van der Waals surface area contributed by atoms with Crippen molar-refractivity contribution in [3.63, 3.8) is 0 Å². The molecule has 0 aliphatic carbocycles. The van der Waals surface area contributed by atoms with E-state index < -0.39 is 11.7 Å². The number of thiazole rings is 1. The third-order valence-electron chi connectivity index (χ3n) is 2.50. The van der Waals surface area contributed by atoms with Gasteiger partial charge in [0.1, 0.15) is 5.01 Å². The lowest BCUT2D eigenvalue weighted by Crippen LogP contribution is -2.03. The first-order chi connectivity index (χ1) is 8.41. The fraction of sp³-hybridized carbons (Fsp3) is 0.250. The summed E-state index contributed by atoms with van der Waals surface area (Å²) >= 11 is 1.35. The van der Waals surface area contributed by atoms with E-state index in [0.717, 1.165) is 17.0 Å². The predicted molar refractivity (Wildman–Crippen MR) is 63.2 cm³/mol. The lowest BCUT2D eigenvalue weighted by Gasteiger charge is -2.06. The number of aliphatic hydroxyl groups is 1. The maximum Gasteiger partial charge on any atom is 0.416 e. The highest BCUT2D eigenvalue weighted by Crippen LogP contribution is 2.32. The van der Waals surface area contributed by atoms with Crippen molar-refractivity contribution in [2.75, 3.05) is 0 Å². The Balaban J connectivity index is 2.34. The van der Waals surface area contributed by atoms with Crippen LogP contribution in [0.15, 0.2) is 24.3 Å². The van der Waals surface area contributed by atoms with E-state index >= 15 is 0 Å². The number of aromatic nitrogens is 1. The number of aryl methyl sites for hydroxylation is 1. The van der Waals surface area contributed by atoms with Gasteiger partial charge in [0.2, 0.25) is 0 Å². The highest BCUT2D eigenvalue weighted by Gasteiger charge is 2.30. The molecule has 0 fully saturated rings. The Morgan fingerprint density at radius 3 is 2.28 bits per heavy atom. The van der Waals surface area contributed by atoms with Crippen molar-refractivity contribution in [3.8, 4) is 10.6 Å². The Labute approximate surface area is 106 Å². The molecule has 0 saturated carbocycles. The van der Waals surface area contributed by atoms with Crippen molar-refractivity contribution in [2.24, 2.45) is 0 Å². The molecule has 0 aliphatic rings. The molecule has 0 radical (unpaired) electrons. The first-order valence-corrected chi connectivity index (χ1v) is 5.98. The molecule has 0 saturated heterocycles. The zero-order valence-electron chi connectivity index (χ0n) is 9.45. The van der Waals surface area contributed by atoms with Gasteiger partial charge in [-0.3, -0.25) is 0 Å². The van der Waals surface area contributed by atoms with Crippen LogP contribution in [0.3, 0.4) is 0 Å². The maximum absolute atomic E-state index is 12.4. The number of rotatable bonds is 2. The van der Waals surface area contributed by atoms with Crippen molar-refractivity contribution >= 4 is 11.3 Å². The third-order valence-corrected chi connectivity index (χ3v) is 3.56. The molecule has 6 heteroatoms. The van der Waals surface area contributed by atoms with Crippen LogP contribution in [0.4, 0.5) is 13.2 Å². The van der Waals surface area contributed by atoms with Gasteiger partial charge in [-0.2, -0.15) is 13.2 Å². The minimum absolute atomic E-state index is 0.164. The molecular weight excluding hydrogens is 263 g/mol. The summed E-state index contributed by atoms with van der Waals surface area (Å²) in [4.78, 5) is 5.05. The number of alkyl halides is 3. The van der Waals surface area contributed by atoms with E-state index in [1.165, 1.54) is 23.5 Å². The predicted octanol–water partition coefficient (Wildman–Crippen LogP) is 3.63. The molecule has 0 amide bonds. The van der Waals surface area contributed by atoms with Crippen LogP contribution >= 0.6 is 11.3 Å². The molecule has 0 bridgehead atoms. The zero-order valence-corrected chi connectivity index (χ0v) is 10.3. The van der Waals surface area contributed by atoms with Crippen molar-refractivity contribution in [2.45, 2.75) is 19.7 Å². The second kappa shape index (κ2) is 4.70.